The van der Waals surface area contributed by atoms with Crippen LogP contribution in [0.5, 0.6) is 5.75 Å². The van der Waals surface area contributed by atoms with E-state index in [-0.39, 0.29) is 5.92 Å². The minimum Gasteiger partial charge on any atom is -0.494 e. The molecule has 4 heteroatoms. The molecule has 1 aromatic carbocycles. The number of ether oxygens (including phenoxy) is 1. The molecule has 1 aliphatic rings. The van der Waals surface area contributed by atoms with Crippen LogP contribution in [0.25, 0.3) is 0 Å². The lowest BCUT2D eigenvalue weighted by Crippen LogP contribution is -2.38. The second-order valence-electron chi connectivity index (χ2n) is 4.55. The molecule has 0 radical (unpaired) electrons. The second kappa shape index (κ2) is 5.76. The second-order valence-corrected chi connectivity index (χ2v) is 4.55. The lowest BCUT2D eigenvalue weighted by Gasteiger charge is -2.32. The van der Waals surface area contributed by atoms with Crippen molar-refractivity contribution in [1.82, 2.24) is 0 Å². The Morgan fingerprint density at radius 1 is 1.56 bits per heavy atom. The SMILES string of the molecule is CCOc1cccc(N2CCCC(C(=O)O)C2)c1. The van der Waals surface area contributed by atoms with Crippen molar-refractivity contribution in [3.05, 3.63) is 24.3 Å². The Morgan fingerprint density at radius 3 is 3.11 bits per heavy atom. The first-order valence-electron chi connectivity index (χ1n) is 6.41. The third kappa shape index (κ3) is 2.94. The van der Waals surface area contributed by atoms with Crippen LogP contribution in [0.15, 0.2) is 24.3 Å². The summed E-state index contributed by atoms with van der Waals surface area (Å²) in [6, 6.07) is 7.86. The Morgan fingerprint density at radius 2 is 2.39 bits per heavy atom. The normalized spacial score (nSPS) is 19.6. The minimum atomic E-state index is -0.694. The van der Waals surface area contributed by atoms with Crippen molar-refractivity contribution >= 4 is 11.7 Å². The maximum Gasteiger partial charge on any atom is 0.308 e. The summed E-state index contributed by atoms with van der Waals surface area (Å²) in [6.07, 6.45) is 1.70. The van der Waals surface area contributed by atoms with E-state index in [1.54, 1.807) is 0 Å². The maximum atomic E-state index is 11.0. The monoisotopic (exact) mass is 249 g/mol. The average Bonchev–Trinajstić information content (AvgIpc) is 2.39. The number of aliphatic carboxylic acids is 1. The summed E-state index contributed by atoms with van der Waals surface area (Å²) in [5, 5.41) is 9.09. The molecule has 1 aromatic rings. The number of rotatable bonds is 4. The molecule has 0 amide bonds. The van der Waals surface area contributed by atoms with Gasteiger partial charge in [-0.2, -0.15) is 0 Å². The summed E-state index contributed by atoms with van der Waals surface area (Å²) in [4.78, 5) is 13.2. The van der Waals surface area contributed by atoms with Gasteiger partial charge in [0.25, 0.3) is 0 Å². The van der Waals surface area contributed by atoms with Gasteiger partial charge in [0.1, 0.15) is 5.75 Å². The fourth-order valence-corrected chi connectivity index (χ4v) is 2.35. The standard InChI is InChI=1S/C14H19NO3/c1-2-18-13-7-3-6-12(9-13)15-8-4-5-11(10-15)14(16)17/h3,6-7,9,11H,2,4-5,8,10H2,1H3,(H,16,17). The highest BCUT2D eigenvalue weighted by molar-refractivity contribution is 5.71. The predicted octanol–water partition coefficient (Wildman–Crippen LogP) is 2.39. The molecule has 18 heavy (non-hydrogen) atoms. The van der Waals surface area contributed by atoms with Crippen LogP contribution in [0.3, 0.4) is 0 Å². The molecule has 1 saturated heterocycles. The van der Waals surface area contributed by atoms with Crippen LogP contribution in [-0.2, 0) is 4.79 Å². The van der Waals surface area contributed by atoms with Gasteiger partial charge in [0.15, 0.2) is 0 Å². The third-order valence-corrected chi connectivity index (χ3v) is 3.26. The molecule has 2 rings (SSSR count). The van der Waals surface area contributed by atoms with Gasteiger partial charge in [0, 0.05) is 24.8 Å². The number of hydrogen-bond acceptors (Lipinski definition) is 3. The number of piperidine rings is 1. The molecule has 1 atom stereocenters. The first kappa shape index (κ1) is 12.7. The highest BCUT2D eigenvalue weighted by Gasteiger charge is 2.25. The van der Waals surface area contributed by atoms with Crippen molar-refractivity contribution in [3.8, 4) is 5.75 Å². The van der Waals surface area contributed by atoms with Crippen LogP contribution < -0.4 is 9.64 Å². The topological polar surface area (TPSA) is 49.8 Å². The smallest absolute Gasteiger partial charge is 0.308 e. The van der Waals surface area contributed by atoms with Crippen molar-refractivity contribution in [2.75, 3.05) is 24.6 Å². The van der Waals surface area contributed by atoms with Crippen molar-refractivity contribution in [3.63, 3.8) is 0 Å². The Kier molecular flexibility index (Phi) is 4.07. The molecule has 1 fully saturated rings. The molecule has 1 unspecified atom stereocenters. The van der Waals surface area contributed by atoms with Crippen LogP contribution in [-0.4, -0.2) is 30.8 Å². The van der Waals surface area contributed by atoms with Gasteiger partial charge in [-0.1, -0.05) is 6.07 Å². The van der Waals surface area contributed by atoms with E-state index in [9.17, 15) is 4.79 Å². The molecule has 1 heterocycles. The Hall–Kier alpha value is -1.71. The van der Waals surface area contributed by atoms with Crippen molar-refractivity contribution in [2.45, 2.75) is 19.8 Å². The van der Waals surface area contributed by atoms with Crippen LogP contribution in [0.2, 0.25) is 0 Å². The number of carbonyl (C=O) groups is 1. The van der Waals surface area contributed by atoms with Crippen LogP contribution in [0, 0.1) is 5.92 Å². The summed E-state index contributed by atoms with van der Waals surface area (Å²) in [5.74, 6) is -0.109. The number of carboxylic acids is 1. The molecule has 0 aromatic heterocycles. The van der Waals surface area contributed by atoms with Crippen molar-refractivity contribution in [2.24, 2.45) is 5.92 Å². The molecular formula is C14H19NO3. The van der Waals surface area contributed by atoms with E-state index in [4.69, 9.17) is 9.84 Å². The van der Waals surface area contributed by atoms with Gasteiger partial charge in [0.2, 0.25) is 0 Å². The number of carboxylic acid groups (broad SMARTS) is 1. The molecule has 1 N–H and O–H groups in total. The van der Waals surface area contributed by atoms with Crippen LogP contribution in [0.1, 0.15) is 19.8 Å². The summed E-state index contributed by atoms with van der Waals surface area (Å²) < 4.78 is 5.47. The molecule has 4 nitrogen and oxygen atoms in total. The largest absolute Gasteiger partial charge is 0.494 e. The number of nitrogens with zero attached hydrogens (tertiary/aromatic N) is 1. The zero-order valence-electron chi connectivity index (χ0n) is 10.6. The third-order valence-electron chi connectivity index (χ3n) is 3.26. The average molecular weight is 249 g/mol. The van der Waals surface area contributed by atoms with Gasteiger partial charge >= 0.3 is 5.97 Å². The van der Waals surface area contributed by atoms with Gasteiger partial charge in [-0.25, -0.2) is 0 Å². The van der Waals surface area contributed by atoms with Gasteiger partial charge in [0.05, 0.1) is 12.5 Å². The number of anilines is 1. The van der Waals surface area contributed by atoms with Gasteiger partial charge < -0.3 is 14.7 Å². The van der Waals surface area contributed by atoms with E-state index in [2.05, 4.69) is 4.90 Å². The Bertz CT molecular complexity index is 419. The van der Waals surface area contributed by atoms with Gasteiger partial charge in [-0.3, -0.25) is 4.79 Å². The molecule has 0 saturated carbocycles. The van der Waals surface area contributed by atoms with Crippen LogP contribution in [0.4, 0.5) is 5.69 Å². The predicted molar refractivity (Wildman–Crippen MR) is 70.2 cm³/mol. The summed E-state index contributed by atoms with van der Waals surface area (Å²) in [6.45, 7) is 4.10. The number of hydrogen-bond donors (Lipinski definition) is 1. The Labute approximate surface area is 107 Å². The lowest BCUT2D eigenvalue weighted by molar-refractivity contribution is -0.141. The fourth-order valence-electron chi connectivity index (χ4n) is 2.35. The van der Waals surface area contributed by atoms with E-state index in [1.807, 2.05) is 31.2 Å². The van der Waals surface area contributed by atoms with Crippen LogP contribution >= 0.6 is 0 Å². The van der Waals surface area contributed by atoms with Gasteiger partial charge in [-0.15, -0.1) is 0 Å². The molecule has 1 aliphatic heterocycles. The fraction of sp³-hybridized carbons (Fsp3) is 0.500. The first-order valence-corrected chi connectivity index (χ1v) is 6.41. The highest BCUT2D eigenvalue weighted by atomic mass is 16.5. The van der Waals surface area contributed by atoms with Gasteiger partial charge in [-0.05, 0) is 31.9 Å². The molecule has 0 aliphatic carbocycles. The quantitative estimate of drug-likeness (QED) is 0.890. The van der Waals surface area contributed by atoms with E-state index in [0.717, 1.165) is 30.8 Å². The van der Waals surface area contributed by atoms with E-state index >= 15 is 0 Å². The van der Waals surface area contributed by atoms with Crippen molar-refractivity contribution < 1.29 is 14.6 Å². The van der Waals surface area contributed by atoms with Crippen molar-refractivity contribution in [1.29, 1.82) is 0 Å². The summed E-state index contributed by atoms with van der Waals surface area (Å²) in [7, 11) is 0. The van der Waals surface area contributed by atoms with E-state index in [0.29, 0.717) is 13.2 Å². The summed E-state index contributed by atoms with van der Waals surface area (Å²) >= 11 is 0. The zero-order chi connectivity index (χ0) is 13.0. The minimum absolute atomic E-state index is 0.255. The van der Waals surface area contributed by atoms with E-state index < -0.39 is 5.97 Å². The Balaban J connectivity index is 2.10. The van der Waals surface area contributed by atoms with E-state index in [1.165, 1.54) is 0 Å². The molecular weight excluding hydrogens is 230 g/mol. The molecule has 98 valence electrons. The number of benzene rings is 1. The molecule has 0 spiro atoms. The first-order chi connectivity index (χ1) is 8.70. The zero-order valence-corrected chi connectivity index (χ0v) is 10.6. The lowest BCUT2D eigenvalue weighted by atomic mass is 9.98. The summed E-state index contributed by atoms with van der Waals surface area (Å²) in [5.41, 5.74) is 1.05. The highest BCUT2D eigenvalue weighted by Crippen LogP contribution is 2.26. The maximum absolute atomic E-state index is 11.0. The molecule has 0 bridgehead atoms.